The Kier molecular flexibility index (Phi) is 17.2. The Morgan fingerprint density at radius 3 is 2.25 bits per heavy atom. The zero-order chi connectivity index (χ0) is 46.3. The standard InChI is InChI=1S/C43H74N2O14/c1-24-21-29(19-20-46)39(59-42-37(49)36(45(9)10)38(27(4)56-42)58-35-23-43(6,51)41(50)28(5)55-35)40(52-11)31(47)22-33(48)53-25(2)15-13-12-14-16-32(24)57-34-18-17-30(44(7)8)26(3)54-34/h12-14,16,20,24-32,34-42,47,49-51H,15,17-19,21-23H2,1-11H3/b13-12+,16-14+/t24-,25-,26-,27-,28+,29+,30+,31-,32+,34+,35+,36-,37-,38-,39+,40+,41+,42+,43-/m1/s1/i7D3. The molecule has 0 radical (unpaired) electrons. The van der Waals surface area contributed by atoms with Crippen molar-refractivity contribution < 1.29 is 72.0 Å². The van der Waals surface area contributed by atoms with Crippen LogP contribution in [0.4, 0.5) is 0 Å². The minimum atomic E-state index is -2.28. The number of hydrogen-bond donors (Lipinski definition) is 4. The summed E-state index contributed by atoms with van der Waals surface area (Å²) in [4.78, 5) is 28.7. The fourth-order valence-corrected chi connectivity index (χ4v) is 8.93. The Balaban J connectivity index is 1.66. The molecule has 4 rings (SSSR count). The molecule has 19 atom stereocenters. The Morgan fingerprint density at radius 1 is 0.915 bits per heavy atom. The molecule has 16 nitrogen and oxygen atoms in total. The van der Waals surface area contributed by atoms with Crippen LogP contribution in [0.15, 0.2) is 24.3 Å². The number of carbonyl (C=O) groups excluding carboxylic acids is 2. The van der Waals surface area contributed by atoms with Crippen LogP contribution in [-0.4, -0.2) is 181 Å². The average Bonchev–Trinajstić information content (AvgIpc) is 3.16. The van der Waals surface area contributed by atoms with E-state index in [1.807, 2.05) is 38.2 Å². The number of nitrogens with zero attached hydrogens (tertiary/aromatic N) is 2. The normalized spacial score (nSPS) is 46.8. The van der Waals surface area contributed by atoms with Crippen molar-refractivity contribution in [3.8, 4) is 0 Å². The number of ether oxygens (including phenoxy) is 8. The second-order valence-electron chi connectivity index (χ2n) is 17.5. The van der Waals surface area contributed by atoms with Gasteiger partial charge in [0.25, 0.3) is 0 Å². The summed E-state index contributed by atoms with van der Waals surface area (Å²) >= 11 is 0. The van der Waals surface area contributed by atoms with Gasteiger partial charge in [0.2, 0.25) is 0 Å². The van der Waals surface area contributed by atoms with E-state index in [-0.39, 0.29) is 31.2 Å². The summed E-state index contributed by atoms with van der Waals surface area (Å²) in [5.41, 5.74) is -1.49. The first-order valence-corrected chi connectivity index (χ1v) is 21.1. The number of carbonyl (C=O) groups is 2. The van der Waals surface area contributed by atoms with Crippen molar-refractivity contribution in [3.63, 3.8) is 0 Å². The number of likely N-dealkylation sites (N-methyl/N-ethyl adjacent to an activating group) is 2. The quantitative estimate of drug-likeness (QED) is 0.175. The van der Waals surface area contributed by atoms with Crippen LogP contribution < -0.4 is 0 Å². The van der Waals surface area contributed by atoms with E-state index in [9.17, 15) is 30.0 Å². The summed E-state index contributed by atoms with van der Waals surface area (Å²) in [6, 6.07) is -1.10. The van der Waals surface area contributed by atoms with E-state index in [1.165, 1.54) is 18.9 Å². The molecule has 0 spiro atoms. The van der Waals surface area contributed by atoms with Gasteiger partial charge in [-0.25, -0.2) is 0 Å². The number of aliphatic hydroxyl groups excluding tert-OH is 3. The lowest BCUT2D eigenvalue weighted by molar-refractivity contribution is -0.344. The molecule has 0 aromatic heterocycles. The molecular formula is C43H74N2O14. The first-order chi connectivity index (χ1) is 29.0. The fourth-order valence-electron chi connectivity index (χ4n) is 8.93. The predicted octanol–water partition coefficient (Wildman–Crippen LogP) is 2.33. The molecule has 16 heteroatoms. The zero-order valence-electron chi connectivity index (χ0n) is 39.5. The van der Waals surface area contributed by atoms with E-state index >= 15 is 0 Å². The monoisotopic (exact) mass is 846 g/mol. The molecular weight excluding hydrogens is 768 g/mol. The van der Waals surface area contributed by atoms with Crippen molar-refractivity contribution >= 4 is 12.3 Å². The van der Waals surface area contributed by atoms with Gasteiger partial charge in [0, 0.05) is 36.5 Å². The van der Waals surface area contributed by atoms with E-state index < -0.39 is 123 Å². The predicted molar refractivity (Wildman–Crippen MR) is 217 cm³/mol. The van der Waals surface area contributed by atoms with Gasteiger partial charge < -0.3 is 72.9 Å². The van der Waals surface area contributed by atoms with Crippen molar-refractivity contribution in [1.82, 2.24) is 9.80 Å². The van der Waals surface area contributed by atoms with Gasteiger partial charge in [-0.3, -0.25) is 4.79 Å². The second-order valence-corrected chi connectivity index (χ2v) is 17.5. The number of aliphatic hydroxyl groups is 4. The number of esters is 1. The van der Waals surface area contributed by atoms with Crippen LogP contribution in [0.1, 0.15) is 90.6 Å². The highest BCUT2D eigenvalue weighted by molar-refractivity contribution is 5.70. The fraction of sp³-hybridized carbons (Fsp3) is 0.860. The third kappa shape index (κ3) is 13.3. The van der Waals surface area contributed by atoms with Crippen molar-refractivity contribution in [3.05, 3.63) is 24.3 Å². The highest BCUT2D eigenvalue weighted by Crippen LogP contribution is 2.37. The van der Waals surface area contributed by atoms with Gasteiger partial charge in [-0.15, -0.1) is 0 Å². The van der Waals surface area contributed by atoms with Gasteiger partial charge in [-0.2, -0.15) is 0 Å². The third-order valence-electron chi connectivity index (χ3n) is 12.2. The molecule has 340 valence electrons. The van der Waals surface area contributed by atoms with E-state index in [2.05, 4.69) is 0 Å². The minimum Gasteiger partial charge on any atom is -0.462 e. The number of rotatable bonds is 11. The molecule has 0 unspecified atom stereocenters. The molecule has 4 aliphatic rings. The Hall–Kier alpha value is -1.90. The third-order valence-corrected chi connectivity index (χ3v) is 12.2. The number of methoxy groups -OCH3 is 1. The Bertz CT molecular complexity index is 1470. The molecule has 59 heavy (non-hydrogen) atoms. The van der Waals surface area contributed by atoms with E-state index in [0.29, 0.717) is 19.3 Å². The number of cyclic esters (lactones) is 1. The lowest BCUT2D eigenvalue weighted by atomic mass is 9.82. The van der Waals surface area contributed by atoms with Gasteiger partial charge in [0.1, 0.15) is 36.8 Å². The van der Waals surface area contributed by atoms with Crippen molar-refractivity contribution in [1.29, 1.82) is 0 Å². The average molecular weight is 846 g/mol. The van der Waals surface area contributed by atoms with Crippen LogP contribution in [0, 0.1) is 11.8 Å². The number of allylic oxidation sites excluding steroid dienone is 2. The molecule has 3 saturated heterocycles. The maximum atomic E-state index is 13.1. The number of aldehydes is 1. The van der Waals surface area contributed by atoms with Gasteiger partial charge in [-0.1, -0.05) is 31.2 Å². The topological polar surface area (TPSA) is 195 Å². The highest BCUT2D eigenvalue weighted by Gasteiger charge is 2.52. The largest absolute Gasteiger partial charge is 0.462 e. The highest BCUT2D eigenvalue weighted by atomic mass is 16.7. The van der Waals surface area contributed by atoms with Gasteiger partial charge >= 0.3 is 5.97 Å². The summed E-state index contributed by atoms with van der Waals surface area (Å²) in [5.74, 6) is -1.67. The molecule has 0 aromatic rings. The van der Waals surface area contributed by atoms with Gasteiger partial charge in [0.05, 0.1) is 54.7 Å². The van der Waals surface area contributed by atoms with Crippen LogP contribution in [0.5, 0.6) is 0 Å². The SMILES string of the molecule is [2H]C([2H])([2H])N(C)[C@H]1CC[C@H](O[C@H]2/C=C/C=C/C[C@@H](C)OC(=O)C[C@@H](O)[C@H](OC)[C@@H](O[C@@H]3O[C@H](C)[C@@H](O[C@H]4C[C@@](C)(O)[C@@H](O)[C@H](C)O4)[C@H](N(C)C)[C@H]3O)[C@@H](CC=O)C[C@H]2C)O[C@@H]1C. The Morgan fingerprint density at radius 2 is 1.63 bits per heavy atom. The summed E-state index contributed by atoms with van der Waals surface area (Å²) in [6.45, 7) is 8.12. The van der Waals surface area contributed by atoms with Gasteiger partial charge in [-0.05, 0) is 93.8 Å². The van der Waals surface area contributed by atoms with Crippen molar-refractivity contribution in [2.45, 2.75) is 190 Å². The van der Waals surface area contributed by atoms with Crippen LogP contribution in [0.25, 0.3) is 0 Å². The lowest BCUT2D eigenvalue weighted by Gasteiger charge is -2.50. The smallest absolute Gasteiger partial charge is 0.308 e. The molecule has 3 fully saturated rings. The molecule has 0 aromatic carbocycles. The maximum Gasteiger partial charge on any atom is 0.308 e. The van der Waals surface area contributed by atoms with Crippen LogP contribution >= 0.6 is 0 Å². The van der Waals surface area contributed by atoms with E-state index in [1.54, 1.807) is 46.8 Å². The number of hydrogen-bond acceptors (Lipinski definition) is 16. The molecule has 4 N–H and O–H groups in total. The minimum absolute atomic E-state index is 0.0370. The van der Waals surface area contributed by atoms with Gasteiger partial charge in [0.15, 0.2) is 18.9 Å². The lowest BCUT2D eigenvalue weighted by Crippen LogP contribution is -2.65. The van der Waals surface area contributed by atoms with Crippen LogP contribution in [0.3, 0.4) is 0 Å². The van der Waals surface area contributed by atoms with Crippen LogP contribution in [0.2, 0.25) is 0 Å². The summed E-state index contributed by atoms with van der Waals surface area (Å²) in [6.07, 6.45) is -3.88. The molecule has 0 bridgehead atoms. The first-order valence-electron chi connectivity index (χ1n) is 22.6. The maximum absolute atomic E-state index is 13.1. The van der Waals surface area contributed by atoms with Crippen molar-refractivity contribution in [2.75, 3.05) is 35.2 Å². The van der Waals surface area contributed by atoms with E-state index in [4.69, 9.17) is 42.0 Å². The molecule has 0 amide bonds. The van der Waals surface area contributed by atoms with Crippen molar-refractivity contribution in [2.24, 2.45) is 11.8 Å². The summed E-state index contributed by atoms with van der Waals surface area (Å²) < 4.78 is 73.4. The molecule has 4 aliphatic heterocycles. The zero-order valence-corrected chi connectivity index (χ0v) is 36.5. The second kappa shape index (κ2) is 22.5. The first kappa shape index (κ1) is 45.1. The summed E-state index contributed by atoms with van der Waals surface area (Å²) in [7, 11) is 6.44. The molecule has 0 aliphatic carbocycles. The van der Waals surface area contributed by atoms with E-state index in [0.717, 1.165) is 6.29 Å². The van der Waals surface area contributed by atoms with Crippen LogP contribution in [-0.2, 0) is 47.5 Å². The molecule has 0 saturated carbocycles. The summed E-state index contributed by atoms with van der Waals surface area (Å²) in [5, 5.41) is 45.1. The Labute approximate surface area is 355 Å². The molecule has 4 heterocycles.